The largest absolute Gasteiger partial charge is 0.372 e. The summed E-state index contributed by atoms with van der Waals surface area (Å²) in [5, 5.41) is 3.46. The number of hydrogen-bond donors (Lipinski definition) is 1. The maximum atomic E-state index is 6.10. The molecule has 1 N–H and O–H groups in total. The van der Waals surface area contributed by atoms with E-state index >= 15 is 0 Å². The zero-order chi connectivity index (χ0) is 17.6. The van der Waals surface area contributed by atoms with Gasteiger partial charge in [0.1, 0.15) is 5.52 Å². The molecule has 2 aromatic heterocycles. The highest BCUT2D eigenvalue weighted by molar-refractivity contribution is 5.75. The fraction of sp³-hybridized carbons (Fsp3) is 0.600. The average molecular weight is 340 g/mol. The van der Waals surface area contributed by atoms with Crippen LogP contribution in [0.4, 0.5) is 5.95 Å². The molecular weight excluding hydrogens is 312 g/mol. The second-order valence-electron chi connectivity index (χ2n) is 8.16. The van der Waals surface area contributed by atoms with Crippen molar-refractivity contribution in [2.24, 2.45) is 0 Å². The Morgan fingerprint density at radius 1 is 1.32 bits per heavy atom. The molecule has 0 amide bonds. The third-order valence-electron chi connectivity index (χ3n) is 5.43. The summed E-state index contributed by atoms with van der Waals surface area (Å²) in [6.45, 7) is 10.6. The normalized spacial score (nSPS) is 22.9. The molecule has 5 heteroatoms. The lowest BCUT2D eigenvalue weighted by molar-refractivity contribution is -0.0143. The second-order valence-corrected chi connectivity index (χ2v) is 8.16. The van der Waals surface area contributed by atoms with Gasteiger partial charge in [-0.15, -0.1) is 0 Å². The van der Waals surface area contributed by atoms with Crippen molar-refractivity contribution in [2.75, 3.05) is 5.32 Å². The zero-order valence-electron chi connectivity index (χ0n) is 15.5. The van der Waals surface area contributed by atoms with Crippen LogP contribution in [0.3, 0.4) is 0 Å². The van der Waals surface area contributed by atoms with Crippen molar-refractivity contribution in [1.82, 2.24) is 14.5 Å². The topological polar surface area (TPSA) is 52.0 Å². The number of aryl methyl sites for hydroxylation is 1. The lowest BCUT2D eigenvalue weighted by Crippen LogP contribution is -2.22. The Morgan fingerprint density at radius 2 is 2.12 bits per heavy atom. The first-order valence-corrected chi connectivity index (χ1v) is 9.39. The molecule has 0 spiro atoms. The van der Waals surface area contributed by atoms with Gasteiger partial charge in [-0.2, -0.15) is 0 Å². The fourth-order valence-corrected chi connectivity index (χ4v) is 3.85. The van der Waals surface area contributed by atoms with Crippen molar-refractivity contribution < 1.29 is 4.74 Å². The van der Waals surface area contributed by atoms with Gasteiger partial charge in [0.2, 0.25) is 5.95 Å². The third kappa shape index (κ3) is 3.30. The van der Waals surface area contributed by atoms with Crippen LogP contribution in [0, 0.1) is 6.92 Å². The molecule has 1 saturated carbocycles. The summed E-state index contributed by atoms with van der Waals surface area (Å²) in [7, 11) is 0. The van der Waals surface area contributed by atoms with Crippen LogP contribution < -0.4 is 5.32 Å². The standard InChI is InChI=1S/C20H28N4O/c1-13-8-9-17-18(21-13)24(15-6-5-7-15)19(23-17)22-14(2)12-16-10-11-20(3,4)25-16/h8-9,15-16H,2,5-7,10-12H2,1,3-4H3,(H,22,23). The quantitative estimate of drug-likeness (QED) is 0.854. The van der Waals surface area contributed by atoms with E-state index in [1.54, 1.807) is 0 Å². The van der Waals surface area contributed by atoms with Crippen LogP contribution >= 0.6 is 0 Å². The van der Waals surface area contributed by atoms with E-state index in [1.807, 2.05) is 13.0 Å². The first kappa shape index (κ1) is 16.6. The number of aromatic nitrogens is 3. The minimum atomic E-state index is -0.00846. The second kappa shape index (κ2) is 6.13. The van der Waals surface area contributed by atoms with Gasteiger partial charge >= 0.3 is 0 Å². The molecule has 1 unspecified atom stereocenters. The number of fused-ring (bicyclic) bond motifs is 1. The predicted octanol–water partition coefficient (Wildman–Crippen LogP) is 4.74. The summed E-state index contributed by atoms with van der Waals surface area (Å²) in [6.07, 6.45) is 6.94. The Labute approximate surface area is 149 Å². The number of ether oxygens (including phenoxy) is 1. The van der Waals surface area contributed by atoms with Gasteiger partial charge in [0.25, 0.3) is 0 Å². The smallest absolute Gasteiger partial charge is 0.209 e. The minimum absolute atomic E-state index is 0.00846. The number of nitrogens with one attached hydrogen (secondary N) is 1. The van der Waals surface area contributed by atoms with Crippen molar-refractivity contribution in [1.29, 1.82) is 0 Å². The van der Waals surface area contributed by atoms with Crippen molar-refractivity contribution >= 4 is 17.1 Å². The molecule has 1 aliphatic carbocycles. The molecule has 0 bridgehead atoms. The number of anilines is 1. The SMILES string of the molecule is C=C(CC1CCC(C)(C)O1)Nc1nc2ccc(C)nc2n1C1CCC1. The van der Waals surface area contributed by atoms with Gasteiger partial charge in [0, 0.05) is 23.9 Å². The molecule has 2 fully saturated rings. The molecule has 0 radical (unpaired) electrons. The Balaban J connectivity index is 1.55. The Hall–Kier alpha value is -1.88. The molecule has 3 heterocycles. The van der Waals surface area contributed by atoms with E-state index in [4.69, 9.17) is 14.7 Å². The van der Waals surface area contributed by atoms with Crippen LogP contribution in [0.1, 0.15) is 64.1 Å². The van der Waals surface area contributed by atoms with E-state index in [-0.39, 0.29) is 11.7 Å². The molecule has 5 nitrogen and oxygen atoms in total. The predicted molar refractivity (Wildman–Crippen MR) is 101 cm³/mol. The zero-order valence-corrected chi connectivity index (χ0v) is 15.5. The number of nitrogens with zero attached hydrogens (tertiary/aromatic N) is 3. The average Bonchev–Trinajstić information content (AvgIpc) is 2.98. The van der Waals surface area contributed by atoms with Crippen molar-refractivity contribution in [3.8, 4) is 0 Å². The molecular formula is C20H28N4O. The Bertz CT molecular complexity index is 803. The van der Waals surface area contributed by atoms with E-state index in [0.29, 0.717) is 6.04 Å². The summed E-state index contributed by atoms with van der Waals surface area (Å²) in [4.78, 5) is 9.52. The maximum Gasteiger partial charge on any atom is 0.209 e. The van der Waals surface area contributed by atoms with Crippen LogP contribution in [-0.4, -0.2) is 26.2 Å². The molecule has 1 saturated heterocycles. The summed E-state index contributed by atoms with van der Waals surface area (Å²) < 4.78 is 8.38. The van der Waals surface area contributed by atoms with Crippen molar-refractivity contribution in [3.63, 3.8) is 0 Å². The lowest BCUT2D eigenvalue weighted by atomic mass is 9.93. The molecule has 2 aliphatic rings. The molecule has 2 aromatic rings. The van der Waals surface area contributed by atoms with Gasteiger partial charge < -0.3 is 10.1 Å². The number of pyridine rings is 1. The van der Waals surface area contributed by atoms with Crippen LogP contribution in [0.15, 0.2) is 24.4 Å². The maximum absolute atomic E-state index is 6.10. The molecule has 1 aliphatic heterocycles. The monoisotopic (exact) mass is 340 g/mol. The molecule has 134 valence electrons. The highest BCUT2D eigenvalue weighted by atomic mass is 16.5. The van der Waals surface area contributed by atoms with E-state index in [9.17, 15) is 0 Å². The number of hydrogen-bond acceptors (Lipinski definition) is 4. The molecule has 25 heavy (non-hydrogen) atoms. The summed E-state index contributed by atoms with van der Waals surface area (Å²) in [6, 6.07) is 4.58. The van der Waals surface area contributed by atoms with E-state index < -0.39 is 0 Å². The fourth-order valence-electron chi connectivity index (χ4n) is 3.85. The van der Waals surface area contributed by atoms with E-state index in [1.165, 1.54) is 19.3 Å². The van der Waals surface area contributed by atoms with E-state index in [0.717, 1.165) is 47.8 Å². The van der Waals surface area contributed by atoms with Crippen molar-refractivity contribution in [2.45, 2.75) is 77.0 Å². The number of imidazole rings is 1. The third-order valence-corrected chi connectivity index (χ3v) is 5.43. The van der Waals surface area contributed by atoms with Crippen LogP contribution in [0.2, 0.25) is 0 Å². The lowest BCUT2D eigenvalue weighted by Gasteiger charge is -2.29. The molecule has 4 rings (SSSR count). The Kier molecular flexibility index (Phi) is 4.07. The van der Waals surface area contributed by atoms with Gasteiger partial charge in [0.05, 0.1) is 11.7 Å². The first-order chi connectivity index (χ1) is 11.9. The van der Waals surface area contributed by atoms with Crippen LogP contribution in [-0.2, 0) is 4.74 Å². The van der Waals surface area contributed by atoms with Gasteiger partial charge in [-0.25, -0.2) is 9.97 Å². The van der Waals surface area contributed by atoms with E-state index in [2.05, 4.69) is 36.4 Å². The summed E-state index contributed by atoms with van der Waals surface area (Å²) in [5.41, 5.74) is 3.92. The first-order valence-electron chi connectivity index (χ1n) is 9.39. The summed E-state index contributed by atoms with van der Waals surface area (Å²) in [5.74, 6) is 0.875. The Morgan fingerprint density at radius 3 is 2.76 bits per heavy atom. The summed E-state index contributed by atoms with van der Waals surface area (Å²) >= 11 is 0. The van der Waals surface area contributed by atoms with Crippen LogP contribution in [0.5, 0.6) is 0 Å². The highest BCUT2D eigenvalue weighted by Gasteiger charge is 2.32. The molecule has 1 atom stereocenters. The van der Waals surface area contributed by atoms with Gasteiger partial charge in [-0.1, -0.05) is 6.58 Å². The van der Waals surface area contributed by atoms with Gasteiger partial charge in [-0.3, -0.25) is 4.57 Å². The van der Waals surface area contributed by atoms with Gasteiger partial charge in [0.15, 0.2) is 5.65 Å². The highest BCUT2D eigenvalue weighted by Crippen LogP contribution is 2.37. The molecule has 0 aromatic carbocycles. The minimum Gasteiger partial charge on any atom is -0.372 e. The van der Waals surface area contributed by atoms with Crippen molar-refractivity contribution in [3.05, 3.63) is 30.1 Å². The number of rotatable bonds is 5. The van der Waals surface area contributed by atoms with Gasteiger partial charge in [-0.05, 0) is 65.0 Å². The van der Waals surface area contributed by atoms with Crippen LogP contribution in [0.25, 0.3) is 11.2 Å².